The van der Waals surface area contributed by atoms with E-state index in [1.807, 2.05) is 47.1 Å². The standard InChI is InChI=1S/C26H29N5O3/c1-34-20-11-9-19(10-12-20)30-17-18(16-24(30)32)26(33)28-14-15-31-23-8-3-2-6-21(23)25(29-31)22-7-4-5-13-27-22/h4-5,7,9-13,18H,2-3,6,8,14-17H2,1H3,(H,28,33). The van der Waals surface area contributed by atoms with Crippen LogP contribution in [0.2, 0.25) is 0 Å². The summed E-state index contributed by atoms with van der Waals surface area (Å²) in [5.74, 6) is 0.253. The topological polar surface area (TPSA) is 89.3 Å². The number of hydrogen-bond acceptors (Lipinski definition) is 5. The zero-order valence-electron chi connectivity index (χ0n) is 19.4. The van der Waals surface area contributed by atoms with E-state index in [4.69, 9.17) is 9.84 Å². The van der Waals surface area contributed by atoms with Crippen molar-refractivity contribution < 1.29 is 14.3 Å². The average Bonchev–Trinajstić information content (AvgIpc) is 3.45. The molecular formula is C26H29N5O3. The Labute approximate surface area is 198 Å². The molecule has 0 saturated carbocycles. The fourth-order valence-corrected chi connectivity index (χ4v) is 4.89. The third-order valence-corrected chi connectivity index (χ3v) is 6.67. The van der Waals surface area contributed by atoms with Gasteiger partial charge >= 0.3 is 0 Å². The molecule has 3 heterocycles. The number of hydrogen-bond donors (Lipinski definition) is 1. The first kappa shape index (κ1) is 22.1. The zero-order valence-corrected chi connectivity index (χ0v) is 19.4. The first-order chi connectivity index (χ1) is 16.6. The van der Waals surface area contributed by atoms with Gasteiger partial charge in [0.05, 0.1) is 25.3 Å². The maximum atomic E-state index is 12.8. The molecular weight excluding hydrogens is 430 g/mol. The van der Waals surface area contributed by atoms with Crippen molar-refractivity contribution in [1.29, 1.82) is 0 Å². The lowest BCUT2D eigenvalue weighted by molar-refractivity contribution is -0.126. The van der Waals surface area contributed by atoms with E-state index in [0.717, 1.165) is 48.5 Å². The number of nitrogens with one attached hydrogen (secondary N) is 1. The minimum absolute atomic E-state index is 0.0357. The number of fused-ring (bicyclic) bond motifs is 1. The molecule has 1 N–H and O–H groups in total. The quantitative estimate of drug-likeness (QED) is 0.587. The molecule has 8 nitrogen and oxygen atoms in total. The second-order valence-corrected chi connectivity index (χ2v) is 8.81. The highest BCUT2D eigenvalue weighted by Gasteiger charge is 2.35. The zero-order chi connectivity index (χ0) is 23.5. The molecule has 0 bridgehead atoms. The molecule has 1 aliphatic carbocycles. The number of methoxy groups -OCH3 is 1. The van der Waals surface area contributed by atoms with E-state index < -0.39 is 0 Å². The fraction of sp³-hybridized carbons (Fsp3) is 0.385. The van der Waals surface area contributed by atoms with Crippen molar-refractivity contribution in [3.8, 4) is 17.1 Å². The Kier molecular flexibility index (Phi) is 6.29. The summed E-state index contributed by atoms with van der Waals surface area (Å²) in [6, 6.07) is 13.2. The molecule has 8 heteroatoms. The Balaban J connectivity index is 1.21. The summed E-state index contributed by atoms with van der Waals surface area (Å²) in [7, 11) is 1.61. The maximum absolute atomic E-state index is 12.8. The van der Waals surface area contributed by atoms with Gasteiger partial charge in [-0.15, -0.1) is 0 Å². The molecule has 5 rings (SSSR count). The Morgan fingerprint density at radius 2 is 1.97 bits per heavy atom. The van der Waals surface area contributed by atoms with Crippen LogP contribution >= 0.6 is 0 Å². The van der Waals surface area contributed by atoms with Gasteiger partial charge in [0.25, 0.3) is 0 Å². The van der Waals surface area contributed by atoms with Crippen LogP contribution in [0.4, 0.5) is 5.69 Å². The molecule has 0 radical (unpaired) electrons. The number of anilines is 1. The summed E-state index contributed by atoms with van der Waals surface area (Å²) in [5, 5.41) is 7.89. The molecule has 2 amide bonds. The van der Waals surface area contributed by atoms with Crippen molar-refractivity contribution in [2.45, 2.75) is 38.6 Å². The van der Waals surface area contributed by atoms with Crippen LogP contribution in [0.1, 0.15) is 30.5 Å². The molecule has 34 heavy (non-hydrogen) atoms. The van der Waals surface area contributed by atoms with Gasteiger partial charge in [0.2, 0.25) is 11.8 Å². The van der Waals surface area contributed by atoms with E-state index in [1.165, 1.54) is 11.3 Å². The van der Waals surface area contributed by atoms with Crippen LogP contribution in [0.25, 0.3) is 11.4 Å². The molecule has 2 aliphatic rings. The fourth-order valence-electron chi connectivity index (χ4n) is 4.89. The molecule has 1 fully saturated rings. The highest BCUT2D eigenvalue weighted by atomic mass is 16.5. The molecule has 176 valence electrons. The Morgan fingerprint density at radius 1 is 1.15 bits per heavy atom. The van der Waals surface area contributed by atoms with Crippen LogP contribution < -0.4 is 15.0 Å². The van der Waals surface area contributed by atoms with E-state index in [1.54, 1.807) is 18.2 Å². The first-order valence-corrected chi connectivity index (χ1v) is 11.9. The van der Waals surface area contributed by atoms with Gasteiger partial charge in [-0.3, -0.25) is 19.3 Å². The third kappa shape index (κ3) is 4.40. The lowest BCUT2D eigenvalue weighted by atomic mass is 9.95. The summed E-state index contributed by atoms with van der Waals surface area (Å²) >= 11 is 0. The highest BCUT2D eigenvalue weighted by Crippen LogP contribution is 2.30. The summed E-state index contributed by atoms with van der Waals surface area (Å²) in [5.41, 5.74) is 5.17. The average molecular weight is 460 g/mol. The maximum Gasteiger partial charge on any atom is 0.227 e. The Hall–Kier alpha value is -3.68. The summed E-state index contributed by atoms with van der Waals surface area (Å²) in [4.78, 5) is 31.5. The number of ether oxygens (including phenoxy) is 1. The molecule has 3 aromatic rings. The lowest BCUT2D eigenvalue weighted by Crippen LogP contribution is -2.35. The molecule has 0 spiro atoms. The molecule has 1 saturated heterocycles. The number of pyridine rings is 1. The minimum atomic E-state index is -0.356. The van der Waals surface area contributed by atoms with E-state index in [9.17, 15) is 9.59 Å². The lowest BCUT2D eigenvalue weighted by Gasteiger charge is -2.17. The van der Waals surface area contributed by atoms with Crippen LogP contribution in [0.3, 0.4) is 0 Å². The number of carbonyl (C=O) groups is 2. The number of rotatable bonds is 7. The van der Waals surface area contributed by atoms with Crippen molar-refractivity contribution in [3.05, 3.63) is 59.9 Å². The van der Waals surface area contributed by atoms with E-state index in [0.29, 0.717) is 19.6 Å². The highest BCUT2D eigenvalue weighted by molar-refractivity contribution is 6.00. The second-order valence-electron chi connectivity index (χ2n) is 8.81. The molecule has 1 aromatic carbocycles. The number of carbonyl (C=O) groups excluding carboxylic acids is 2. The van der Waals surface area contributed by atoms with Crippen molar-refractivity contribution in [3.63, 3.8) is 0 Å². The van der Waals surface area contributed by atoms with E-state index in [-0.39, 0.29) is 24.2 Å². The Bertz CT molecular complexity index is 1170. The smallest absolute Gasteiger partial charge is 0.227 e. The number of aromatic nitrogens is 3. The van der Waals surface area contributed by atoms with E-state index >= 15 is 0 Å². The Morgan fingerprint density at radius 3 is 2.74 bits per heavy atom. The summed E-state index contributed by atoms with van der Waals surface area (Å²) in [6.07, 6.45) is 6.34. The van der Waals surface area contributed by atoms with E-state index in [2.05, 4.69) is 10.3 Å². The van der Waals surface area contributed by atoms with Crippen LogP contribution in [0.15, 0.2) is 48.7 Å². The van der Waals surface area contributed by atoms with Crippen LogP contribution in [-0.2, 0) is 29.0 Å². The van der Waals surface area contributed by atoms with Crippen LogP contribution in [-0.4, -0.2) is 46.8 Å². The predicted molar refractivity (Wildman–Crippen MR) is 129 cm³/mol. The van der Waals surface area contributed by atoms with Crippen molar-refractivity contribution in [2.24, 2.45) is 5.92 Å². The predicted octanol–water partition coefficient (Wildman–Crippen LogP) is 3.00. The largest absolute Gasteiger partial charge is 0.497 e. The normalized spacial score (nSPS) is 17.5. The van der Waals surface area contributed by atoms with Gasteiger partial charge in [0.15, 0.2) is 0 Å². The summed E-state index contributed by atoms with van der Waals surface area (Å²) < 4.78 is 7.21. The SMILES string of the molecule is COc1ccc(N2CC(C(=O)NCCn3nc(-c4ccccn4)c4c3CCCC4)CC2=O)cc1. The number of amides is 2. The molecule has 1 unspecified atom stereocenters. The second kappa shape index (κ2) is 9.67. The summed E-state index contributed by atoms with van der Waals surface area (Å²) in [6.45, 7) is 1.46. The van der Waals surface area contributed by atoms with Gasteiger partial charge < -0.3 is 15.0 Å². The third-order valence-electron chi connectivity index (χ3n) is 6.67. The van der Waals surface area contributed by atoms with Crippen molar-refractivity contribution in [1.82, 2.24) is 20.1 Å². The number of benzene rings is 1. The van der Waals surface area contributed by atoms with Crippen LogP contribution in [0, 0.1) is 5.92 Å². The van der Waals surface area contributed by atoms with Crippen molar-refractivity contribution >= 4 is 17.5 Å². The minimum Gasteiger partial charge on any atom is -0.497 e. The number of nitrogens with zero attached hydrogens (tertiary/aromatic N) is 4. The first-order valence-electron chi connectivity index (χ1n) is 11.9. The van der Waals surface area contributed by atoms with Gasteiger partial charge in [0, 0.05) is 42.7 Å². The van der Waals surface area contributed by atoms with Gasteiger partial charge in [-0.05, 0) is 62.1 Å². The van der Waals surface area contributed by atoms with Gasteiger partial charge in [-0.2, -0.15) is 5.10 Å². The van der Waals surface area contributed by atoms with Gasteiger partial charge in [-0.25, -0.2) is 0 Å². The van der Waals surface area contributed by atoms with Gasteiger partial charge in [0.1, 0.15) is 11.4 Å². The van der Waals surface area contributed by atoms with Crippen molar-refractivity contribution in [2.75, 3.05) is 25.1 Å². The molecule has 2 aromatic heterocycles. The van der Waals surface area contributed by atoms with Crippen LogP contribution in [0.5, 0.6) is 5.75 Å². The monoisotopic (exact) mass is 459 g/mol. The molecule has 1 aliphatic heterocycles. The van der Waals surface area contributed by atoms with Gasteiger partial charge in [-0.1, -0.05) is 6.07 Å². The molecule has 1 atom stereocenters.